The Balaban J connectivity index is 1.78. The number of likely N-dealkylation sites (tertiary alicyclic amines) is 1. The Morgan fingerprint density at radius 3 is 2.88 bits per heavy atom. The largest absolute Gasteiger partial charge is 0.347 e. The first-order valence-corrected chi connectivity index (χ1v) is 7.86. The van der Waals surface area contributed by atoms with Gasteiger partial charge in [-0.3, -0.25) is 14.5 Å². The van der Waals surface area contributed by atoms with E-state index in [2.05, 4.69) is 5.32 Å². The molecule has 3 rings (SSSR count). The van der Waals surface area contributed by atoms with Crippen LogP contribution in [0.2, 0.25) is 0 Å². The van der Waals surface area contributed by atoms with Crippen LogP contribution in [0.5, 0.6) is 0 Å². The number of amides is 1. The Morgan fingerprint density at radius 2 is 2.12 bits per heavy atom. The average Bonchev–Trinajstić information content (AvgIpc) is 2.97. The van der Waals surface area contributed by atoms with E-state index in [-0.39, 0.29) is 29.6 Å². The summed E-state index contributed by atoms with van der Waals surface area (Å²) in [6.45, 7) is 0.657. The fourth-order valence-electron chi connectivity index (χ4n) is 3.19. The van der Waals surface area contributed by atoms with Crippen LogP contribution in [0, 0.1) is 0 Å². The second-order valence-electron chi connectivity index (χ2n) is 6.08. The van der Waals surface area contributed by atoms with Crippen LogP contribution >= 0.6 is 0 Å². The third-order valence-electron chi connectivity index (χ3n) is 4.40. The Bertz CT molecular complexity index is 819. The molecule has 0 saturated carbocycles. The first-order chi connectivity index (χ1) is 11.5. The summed E-state index contributed by atoms with van der Waals surface area (Å²) in [5, 5.41) is 3.40. The normalized spacial score (nSPS) is 18.4. The van der Waals surface area contributed by atoms with Gasteiger partial charge in [-0.15, -0.1) is 0 Å². The van der Waals surface area contributed by atoms with E-state index in [4.69, 9.17) is 0 Å². The van der Waals surface area contributed by atoms with Gasteiger partial charge in [0.05, 0.1) is 12.1 Å². The number of hydrogen-bond acceptors (Lipinski definition) is 3. The molecule has 0 bridgehead atoms. The molecule has 0 spiro atoms. The van der Waals surface area contributed by atoms with Crippen LogP contribution in [0.25, 0.3) is 10.9 Å². The van der Waals surface area contributed by atoms with Crippen LogP contribution in [0.3, 0.4) is 0 Å². The minimum Gasteiger partial charge on any atom is -0.347 e. The van der Waals surface area contributed by atoms with Gasteiger partial charge in [0.25, 0.3) is 12.3 Å². The van der Waals surface area contributed by atoms with E-state index in [0.717, 1.165) is 0 Å². The van der Waals surface area contributed by atoms with E-state index >= 15 is 0 Å². The molecule has 128 valence electrons. The fraction of sp³-hybridized carbons (Fsp3) is 0.412. The van der Waals surface area contributed by atoms with Gasteiger partial charge in [-0.1, -0.05) is 12.1 Å². The van der Waals surface area contributed by atoms with Gasteiger partial charge in [-0.2, -0.15) is 0 Å². The lowest BCUT2D eigenvalue weighted by atomic mass is 10.1. The summed E-state index contributed by atoms with van der Waals surface area (Å²) in [7, 11) is 1.73. The van der Waals surface area contributed by atoms with Gasteiger partial charge in [0.15, 0.2) is 5.43 Å². The second-order valence-corrected chi connectivity index (χ2v) is 6.08. The maximum atomic E-state index is 12.5. The average molecular weight is 335 g/mol. The first-order valence-electron chi connectivity index (χ1n) is 7.86. The molecule has 2 heterocycles. The lowest BCUT2D eigenvalue weighted by Crippen LogP contribution is -2.39. The Morgan fingerprint density at radius 1 is 1.38 bits per heavy atom. The van der Waals surface area contributed by atoms with Gasteiger partial charge in [-0.25, -0.2) is 8.78 Å². The van der Waals surface area contributed by atoms with E-state index in [1.165, 1.54) is 6.07 Å². The molecule has 0 aliphatic carbocycles. The number of pyridine rings is 1. The molecule has 0 radical (unpaired) electrons. The van der Waals surface area contributed by atoms with Crippen LogP contribution in [0.4, 0.5) is 8.78 Å². The van der Waals surface area contributed by atoms with Gasteiger partial charge < -0.3 is 9.88 Å². The monoisotopic (exact) mass is 335 g/mol. The third-order valence-corrected chi connectivity index (χ3v) is 4.40. The zero-order chi connectivity index (χ0) is 17.3. The van der Waals surface area contributed by atoms with Gasteiger partial charge in [0.2, 0.25) is 0 Å². The van der Waals surface area contributed by atoms with E-state index < -0.39 is 6.43 Å². The SMILES string of the molecule is Cn1c(C(=O)NC2CCN(CC(F)F)C2)cc(=O)c2ccccc21. The number of carbonyl (C=O) groups excluding carboxylic acids is 1. The van der Waals surface area contributed by atoms with E-state index in [1.807, 2.05) is 6.07 Å². The van der Waals surface area contributed by atoms with Crippen molar-refractivity contribution in [3.8, 4) is 0 Å². The molecule has 1 unspecified atom stereocenters. The van der Waals surface area contributed by atoms with E-state index in [0.29, 0.717) is 30.4 Å². The number of benzene rings is 1. The highest BCUT2D eigenvalue weighted by Crippen LogP contribution is 2.14. The Kier molecular flexibility index (Phi) is 4.62. The number of para-hydroxylation sites is 1. The molecule has 1 aromatic heterocycles. The van der Waals surface area contributed by atoms with Crippen molar-refractivity contribution in [1.82, 2.24) is 14.8 Å². The molecule has 1 aromatic carbocycles. The number of nitrogens with one attached hydrogen (secondary N) is 1. The molecule has 1 N–H and O–H groups in total. The van der Waals surface area contributed by atoms with Gasteiger partial charge in [-0.05, 0) is 18.6 Å². The maximum absolute atomic E-state index is 12.5. The number of alkyl halides is 2. The first kappa shape index (κ1) is 16.6. The molecule has 1 aliphatic rings. The predicted octanol–water partition coefficient (Wildman–Crippen LogP) is 1.61. The summed E-state index contributed by atoms with van der Waals surface area (Å²) in [6, 6.07) is 8.23. The summed E-state index contributed by atoms with van der Waals surface area (Å²) in [6.07, 6.45) is -1.75. The summed E-state index contributed by atoms with van der Waals surface area (Å²) in [4.78, 5) is 26.3. The van der Waals surface area contributed by atoms with Crippen molar-refractivity contribution in [1.29, 1.82) is 0 Å². The minimum atomic E-state index is -2.37. The van der Waals surface area contributed by atoms with Crippen LogP contribution in [-0.2, 0) is 7.05 Å². The highest BCUT2D eigenvalue weighted by Gasteiger charge is 2.26. The van der Waals surface area contributed by atoms with Gasteiger partial charge >= 0.3 is 0 Å². The van der Waals surface area contributed by atoms with Crippen LogP contribution in [0.15, 0.2) is 35.1 Å². The zero-order valence-electron chi connectivity index (χ0n) is 13.3. The smallest absolute Gasteiger partial charge is 0.268 e. The van der Waals surface area contributed by atoms with Crippen molar-refractivity contribution in [3.63, 3.8) is 0 Å². The second kappa shape index (κ2) is 6.68. The lowest BCUT2D eigenvalue weighted by molar-refractivity contribution is 0.0911. The maximum Gasteiger partial charge on any atom is 0.268 e. The van der Waals surface area contributed by atoms with Crippen molar-refractivity contribution >= 4 is 16.8 Å². The van der Waals surface area contributed by atoms with Gasteiger partial charge in [0, 0.05) is 37.6 Å². The zero-order valence-corrected chi connectivity index (χ0v) is 13.3. The number of aromatic nitrogens is 1. The molecule has 1 fully saturated rings. The summed E-state index contributed by atoms with van der Waals surface area (Å²) in [5.74, 6) is -0.357. The molecule has 1 saturated heterocycles. The van der Waals surface area contributed by atoms with Crippen LogP contribution < -0.4 is 10.7 Å². The van der Waals surface area contributed by atoms with Crippen molar-refractivity contribution in [3.05, 3.63) is 46.2 Å². The number of fused-ring (bicyclic) bond motifs is 1. The minimum absolute atomic E-state index is 0.183. The molecular weight excluding hydrogens is 316 g/mol. The molecular formula is C17H19F2N3O2. The summed E-state index contributed by atoms with van der Waals surface area (Å²) in [5.41, 5.74) is 0.742. The Labute approximate surface area is 137 Å². The lowest BCUT2D eigenvalue weighted by Gasteiger charge is -2.17. The summed E-state index contributed by atoms with van der Waals surface area (Å²) < 4.78 is 26.5. The molecule has 1 aliphatic heterocycles. The Hall–Kier alpha value is -2.28. The summed E-state index contributed by atoms with van der Waals surface area (Å²) >= 11 is 0. The highest BCUT2D eigenvalue weighted by molar-refractivity contribution is 5.95. The van der Waals surface area contributed by atoms with Crippen LogP contribution in [-0.4, -0.2) is 47.5 Å². The number of rotatable bonds is 4. The molecule has 2 aromatic rings. The van der Waals surface area contributed by atoms with Crippen LogP contribution in [0.1, 0.15) is 16.9 Å². The fourth-order valence-corrected chi connectivity index (χ4v) is 3.19. The highest BCUT2D eigenvalue weighted by atomic mass is 19.3. The molecule has 1 atom stereocenters. The molecule has 1 amide bonds. The molecule has 5 nitrogen and oxygen atoms in total. The molecule has 24 heavy (non-hydrogen) atoms. The number of halogens is 2. The third kappa shape index (κ3) is 3.31. The van der Waals surface area contributed by atoms with Crippen molar-refractivity contribution in [2.45, 2.75) is 18.9 Å². The van der Waals surface area contributed by atoms with E-state index in [9.17, 15) is 18.4 Å². The van der Waals surface area contributed by atoms with Crippen molar-refractivity contribution in [2.75, 3.05) is 19.6 Å². The number of carbonyl (C=O) groups is 1. The quantitative estimate of drug-likeness (QED) is 0.924. The van der Waals surface area contributed by atoms with Gasteiger partial charge in [0.1, 0.15) is 5.69 Å². The van der Waals surface area contributed by atoms with Crippen molar-refractivity contribution < 1.29 is 13.6 Å². The van der Waals surface area contributed by atoms with E-state index in [1.54, 1.807) is 34.7 Å². The number of hydrogen-bond donors (Lipinski definition) is 1. The predicted molar refractivity (Wildman–Crippen MR) is 87.5 cm³/mol. The topological polar surface area (TPSA) is 54.3 Å². The number of nitrogens with zero attached hydrogens (tertiary/aromatic N) is 2. The number of aryl methyl sites for hydroxylation is 1. The van der Waals surface area contributed by atoms with Crippen molar-refractivity contribution in [2.24, 2.45) is 7.05 Å². The standard InChI is InChI=1S/C17H19F2N3O2/c1-21-13-5-3-2-4-12(13)15(23)8-14(21)17(24)20-11-6-7-22(9-11)10-16(18)19/h2-5,8,11,16H,6-7,9-10H2,1H3,(H,20,24). The molecule has 7 heteroatoms.